The van der Waals surface area contributed by atoms with Gasteiger partial charge in [-0.05, 0) is 47.4 Å². The van der Waals surface area contributed by atoms with Crippen LogP contribution in [0.15, 0.2) is 97.1 Å². The number of likely N-dealkylation sites (tertiary alicyclic amines) is 1. The van der Waals surface area contributed by atoms with E-state index >= 15 is 0 Å². The Morgan fingerprint density at radius 2 is 1.50 bits per heavy atom. The van der Waals surface area contributed by atoms with Gasteiger partial charge in [0.2, 0.25) is 5.91 Å². The predicted octanol–water partition coefficient (Wildman–Crippen LogP) is 5.95. The van der Waals surface area contributed by atoms with Crippen LogP contribution in [-0.4, -0.2) is 36.4 Å². The van der Waals surface area contributed by atoms with Crippen molar-refractivity contribution in [3.63, 3.8) is 0 Å². The van der Waals surface area contributed by atoms with Crippen molar-refractivity contribution in [1.82, 2.24) is 4.90 Å². The number of nitrogens with one attached hydrogen (secondary N) is 1. The van der Waals surface area contributed by atoms with Crippen molar-refractivity contribution in [1.29, 1.82) is 0 Å². The fraction of sp³-hybridized carbons (Fsp3) is 0.226. The van der Waals surface area contributed by atoms with Gasteiger partial charge in [0.25, 0.3) is 5.91 Å². The summed E-state index contributed by atoms with van der Waals surface area (Å²) in [7, 11) is 0. The Hall–Kier alpha value is -4.12. The molecule has 1 N–H and O–H groups in total. The van der Waals surface area contributed by atoms with Gasteiger partial charge in [0, 0.05) is 31.0 Å². The maximum absolute atomic E-state index is 13.2. The highest BCUT2D eigenvalue weighted by Crippen LogP contribution is 2.28. The van der Waals surface area contributed by atoms with Crippen molar-refractivity contribution >= 4 is 28.3 Å². The third-order valence-corrected chi connectivity index (χ3v) is 6.81. The van der Waals surface area contributed by atoms with Crippen molar-refractivity contribution < 1.29 is 14.3 Å². The van der Waals surface area contributed by atoms with Crippen LogP contribution in [0.5, 0.6) is 5.75 Å². The van der Waals surface area contributed by atoms with Crippen molar-refractivity contribution in [3.8, 4) is 5.75 Å². The van der Waals surface area contributed by atoms with Crippen LogP contribution < -0.4 is 10.1 Å². The summed E-state index contributed by atoms with van der Waals surface area (Å²) < 4.78 is 5.99. The van der Waals surface area contributed by atoms with E-state index in [1.54, 1.807) is 0 Å². The standard InChI is InChI=1S/C31H30N2O3/c34-30(32-28-15-6-7-16-29(28)36-22-19-23-9-2-1-3-10-23)25-17-20-33(21-18-25)31(35)27-14-8-12-24-11-4-5-13-26(24)27/h1-16,25H,17-22H2,(H,32,34). The molecule has 0 radical (unpaired) electrons. The van der Waals surface area contributed by atoms with Gasteiger partial charge in [-0.25, -0.2) is 0 Å². The summed E-state index contributed by atoms with van der Waals surface area (Å²) in [6.45, 7) is 1.66. The lowest BCUT2D eigenvalue weighted by molar-refractivity contribution is -0.121. The molecule has 0 aliphatic carbocycles. The molecule has 182 valence electrons. The van der Waals surface area contributed by atoms with Gasteiger partial charge in [-0.2, -0.15) is 0 Å². The SMILES string of the molecule is O=C(Nc1ccccc1OCCc1ccccc1)C1CCN(C(=O)c2cccc3ccccc23)CC1. The fourth-order valence-corrected chi connectivity index (χ4v) is 4.78. The third kappa shape index (κ3) is 5.41. The van der Waals surface area contributed by atoms with E-state index in [-0.39, 0.29) is 17.7 Å². The zero-order chi connectivity index (χ0) is 24.7. The van der Waals surface area contributed by atoms with Gasteiger partial charge in [-0.3, -0.25) is 9.59 Å². The van der Waals surface area contributed by atoms with Crippen LogP contribution in [0.1, 0.15) is 28.8 Å². The first kappa shape index (κ1) is 23.6. The first-order chi connectivity index (χ1) is 17.7. The number of hydrogen-bond acceptors (Lipinski definition) is 3. The summed E-state index contributed by atoms with van der Waals surface area (Å²) >= 11 is 0. The van der Waals surface area contributed by atoms with Crippen LogP contribution >= 0.6 is 0 Å². The molecule has 1 aliphatic rings. The van der Waals surface area contributed by atoms with Crippen LogP contribution in [0.25, 0.3) is 10.8 Å². The Labute approximate surface area is 211 Å². The Kier molecular flexibility index (Phi) is 7.27. The Morgan fingerprint density at radius 1 is 0.806 bits per heavy atom. The molecule has 5 rings (SSSR count). The van der Waals surface area contributed by atoms with Crippen LogP contribution in [0.4, 0.5) is 5.69 Å². The van der Waals surface area contributed by atoms with Gasteiger partial charge >= 0.3 is 0 Å². The second-order valence-corrected chi connectivity index (χ2v) is 9.16. The molecule has 36 heavy (non-hydrogen) atoms. The van der Waals surface area contributed by atoms with Gasteiger partial charge in [0.15, 0.2) is 0 Å². The van der Waals surface area contributed by atoms with Gasteiger partial charge < -0.3 is 15.0 Å². The van der Waals surface area contributed by atoms with Gasteiger partial charge in [-0.1, -0.05) is 78.9 Å². The quantitative estimate of drug-likeness (QED) is 0.357. The predicted molar refractivity (Wildman–Crippen MR) is 143 cm³/mol. The third-order valence-electron chi connectivity index (χ3n) is 6.81. The number of piperidine rings is 1. The number of nitrogens with zero attached hydrogens (tertiary/aromatic N) is 1. The van der Waals surface area contributed by atoms with E-state index in [1.807, 2.05) is 89.8 Å². The minimum atomic E-state index is -0.140. The molecular formula is C31H30N2O3. The monoisotopic (exact) mass is 478 g/mol. The van der Waals surface area contributed by atoms with E-state index in [9.17, 15) is 9.59 Å². The molecule has 1 fully saturated rings. The van der Waals surface area contributed by atoms with E-state index in [1.165, 1.54) is 5.56 Å². The summed E-state index contributed by atoms with van der Waals surface area (Å²) in [6.07, 6.45) is 2.07. The topological polar surface area (TPSA) is 58.6 Å². The van der Waals surface area contributed by atoms with Crippen molar-refractivity contribution in [3.05, 3.63) is 108 Å². The number of carbonyl (C=O) groups excluding carboxylic acids is 2. The number of benzene rings is 4. The minimum Gasteiger partial charge on any atom is -0.491 e. The van der Waals surface area contributed by atoms with Crippen molar-refractivity contribution in [2.45, 2.75) is 19.3 Å². The summed E-state index contributed by atoms with van der Waals surface area (Å²) in [5, 5.41) is 5.09. The Balaban J connectivity index is 1.17. The lowest BCUT2D eigenvalue weighted by atomic mass is 9.94. The number of fused-ring (bicyclic) bond motifs is 1. The van der Waals surface area contributed by atoms with E-state index < -0.39 is 0 Å². The number of para-hydroxylation sites is 2. The average molecular weight is 479 g/mol. The molecule has 1 aliphatic heterocycles. The van der Waals surface area contributed by atoms with Gasteiger partial charge in [0.1, 0.15) is 5.75 Å². The van der Waals surface area contributed by atoms with Crippen molar-refractivity contribution in [2.75, 3.05) is 25.0 Å². The second kappa shape index (κ2) is 11.1. The summed E-state index contributed by atoms with van der Waals surface area (Å²) in [4.78, 5) is 28.2. The first-order valence-electron chi connectivity index (χ1n) is 12.5. The molecule has 0 saturated carbocycles. The molecular weight excluding hydrogens is 448 g/mol. The number of anilines is 1. The fourth-order valence-electron chi connectivity index (χ4n) is 4.78. The van der Waals surface area contributed by atoms with E-state index in [4.69, 9.17) is 4.74 Å². The molecule has 4 aromatic rings. The normalized spacial score (nSPS) is 13.9. The number of hydrogen-bond donors (Lipinski definition) is 1. The van der Waals surface area contributed by atoms with Crippen LogP contribution in [0.3, 0.4) is 0 Å². The largest absolute Gasteiger partial charge is 0.491 e. The maximum Gasteiger partial charge on any atom is 0.254 e. The van der Waals surface area contributed by atoms with E-state index in [0.717, 1.165) is 22.8 Å². The summed E-state index contributed by atoms with van der Waals surface area (Å²) in [5.74, 6) is 0.540. The van der Waals surface area contributed by atoms with E-state index in [2.05, 4.69) is 17.4 Å². The average Bonchev–Trinajstić information content (AvgIpc) is 2.94. The second-order valence-electron chi connectivity index (χ2n) is 9.16. The zero-order valence-electron chi connectivity index (χ0n) is 20.2. The van der Waals surface area contributed by atoms with Gasteiger partial charge in [-0.15, -0.1) is 0 Å². The number of amides is 2. The number of carbonyl (C=O) groups is 2. The Bertz CT molecular complexity index is 1340. The highest BCUT2D eigenvalue weighted by atomic mass is 16.5. The molecule has 0 unspecified atom stereocenters. The highest BCUT2D eigenvalue weighted by molar-refractivity contribution is 6.07. The molecule has 0 spiro atoms. The lowest BCUT2D eigenvalue weighted by Crippen LogP contribution is -2.41. The minimum absolute atomic E-state index is 0.0219. The zero-order valence-corrected chi connectivity index (χ0v) is 20.2. The maximum atomic E-state index is 13.2. The van der Waals surface area contributed by atoms with Crippen molar-refractivity contribution in [2.24, 2.45) is 5.92 Å². The smallest absolute Gasteiger partial charge is 0.254 e. The molecule has 5 heteroatoms. The first-order valence-corrected chi connectivity index (χ1v) is 12.5. The van der Waals surface area contributed by atoms with E-state index in [0.29, 0.717) is 44.0 Å². The molecule has 0 aromatic heterocycles. The van der Waals surface area contributed by atoms with Crippen LogP contribution in [0.2, 0.25) is 0 Å². The molecule has 1 saturated heterocycles. The number of ether oxygens (including phenoxy) is 1. The molecule has 0 atom stereocenters. The number of rotatable bonds is 7. The van der Waals surface area contributed by atoms with Crippen LogP contribution in [0, 0.1) is 5.92 Å². The molecule has 2 amide bonds. The molecule has 5 nitrogen and oxygen atoms in total. The summed E-state index contributed by atoms with van der Waals surface area (Å²) in [5.41, 5.74) is 2.62. The highest BCUT2D eigenvalue weighted by Gasteiger charge is 2.28. The van der Waals surface area contributed by atoms with Crippen LogP contribution in [-0.2, 0) is 11.2 Å². The summed E-state index contributed by atoms with van der Waals surface area (Å²) in [6, 6.07) is 31.5. The lowest BCUT2D eigenvalue weighted by Gasteiger charge is -2.31. The molecule has 1 heterocycles. The van der Waals surface area contributed by atoms with Gasteiger partial charge in [0.05, 0.1) is 12.3 Å². The Morgan fingerprint density at radius 3 is 2.33 bits per heavy atom. The molecule has 0 bridgehead atoms. The molecule has 4 aromatic carbocycles.